The van der Waals surface area contributed by atoms with Gasteiger partial charge in [0.15, 0.2) is 0 Å². The monoisotopic (exact) mass is 487 g/mol. The highest BCUT2D eigenvalue weighted by molar-refractivity contribution is 6.38. The largest absolute Gasteiger partial charge is 0.416 e. The zero-order valence-electron chi connectivity index (χ0n) is 17.4. The molecule has 2 N–H and O–H groups in total. The number of aryl methyl sites for hydroxylation is 1. The van der Waals surface area contributed by atoms with E-state index in [-0.39, 0.29) is 29.5 Å². The van der Waals surface area contributed by atoms with Crippen LogP contribution in [0.2, 0.25) is 10.0 Å². The lowest BCUT2D eigenvalue weighted by Gasteiger charge is -2.24. The van der Waals surface area contributed by atoms with Crippen LogP contribution < -0.4 is 10.2 Å². The standard InChI is InChI=1S/C22H22Cl2F3N3O2/c1-11-7-12(22(25,26)27)8-17-20(11)28-18(29(17)2)9-15-16(23)4-3-14(19(15)24)21(32)30-6-5-13(31)10-30/h3-4,7-8,13,18,28,31H,5-6,9-10H2,1-2H3. The average Bonchev–Trinajstić information content (AvgIpc) is 3.28. The van der Waals surface area contributed by atoms with Crippen LogP contribution in [-0.4, -0.2) is 48.3 Å². The second-order valence-electron chi connectivity index (χ2n) is 8.24. The number of aliphatic hydroxyl groups is 1. The lowest BCUT2D eigenvalue weighted by molar-refractivity contribution is -0.137. The molecule has 32 heavy (non-hydrogen) atoms. The summed E-state index contributed by atoms with van der Waals surface area (Å²) in [6, 6.07) is 5.39. The van der Waals surface area contributed by atoms with Crippen LogP contribution in [0.15, 0.2) is 24.3 Å². The van der Waals surface area contributed by atoms with E-state index in [1.807, 2.05) is 0 Å². The lowest BCUT2D eigenvalue weighted by Crippen LogP contribution is -2.35. The summed E-state index contributed by atoms with van der Waals surface area (Å²) in [4.78, 5) is 16.1. The van der Waals surface area contributed by atoms with Gasteiger partial charge in [-0.05, 0) is 48.7 Å². The van der Waals surface area contributed by atoms with Crippen molar-refractivity contribution in [1.82, 2.24) is 4.90 Å². The number of aliphatic hydroxyl groups excluding tert-OH is 1. The molecule has 2 unspecified atom stereocenters. The number of benzene rings is 2. The Morgan fingerprint density at radius 2 is 2.00 bits per heavy atom. The van der Waals surface area contributed by atoms with E-state index in [4.69, 9.17) is 23.2 Å². The molecule has 2 aromatic carbocycles. The third kappa shape index (κ3) is 4.11. The normalized spacial score (nSPS) is 20.5. The fraction of sp³-hybridized carbons (Fsp3) is 0.409. The van der Waals surface area contributed by atoms with Gasteiger partial charge in [-0.15, -0.1) is 0 Å². The van der Waals surface area contributed by atoms with Gasteiger partial charge >= 0.3 is 6.18 Å². The van der Waals surface area contributed by atoms with E-state index >= 15 is 0 Å². The van der Waals surface area contributed by atoms with Gasteiger partial charge in [0.05, 0.1) is 33.6 Å². The highest BCUT2D eigenvalue weighted by Gasteiger charge is 2.36. The van der Waals surface area contributed by atoms with Crippen LogP contribution in [-0.2, 0) is 12.6 Å². The van der Waals surface area contributed by atoms with Gasteiger partial charge in [0.2, 0.25) is 0 Å². The molecule has 1 amide bonds. The maximum atomic E-state index is 13.3. The van der Waals surface area contributed by atoms with Crippen LogP contribution in [0, 0.1) is 6.92 Å². The Labute approximate surface area is 193 Å². The number of hydrogen-bond donors (Lipinski definition) is 2. The van der Waals surface area contributed by atoms with Crippen LogP contribution in [0.25, 0.3) is 0 Å². The van der Waals surface area contributed by atoms with Crippen LogP contribution >= 0.6 is 23.2 Å². The van der Waals surface area contributed by atoms with Crippen molar-refractivity contribution < 1.29 is 23.1 Å². The fourth-order valence-corrected chi connectivity index (χ4v) is 4.86. The zero-order valence-corrected chi connectivity index (χ0v) is 18.9. The summed E-state index contributed by atoms with van der Waals surface area (Å²) in [5, 5.41) is 13.6. The molecule has 1 fully saturated rings. The summed E-state index contributed by atoms with van der Waals surface area (Å²) in [6.07, 6.45) is -4.61. The van der Waals surface area contributed by atoms with Gasteiger partial charge in [0, 0.05) is 31.6 Å². The van der Waals surface area contributed by atoms with E-state index < -0.39 is 24.0 Å². The molecule has 2 heterocycles. The predicted octanol–water partition coefficient (Wildman–Crippen LogP) is 4.96. The highest BCUT2D eigenvalue weighted by Crippen LogP contribution is 2.43. The van der Waals surface area contributed by atoms with Crippen molar-refractivity contribution in [2.75, 3.05) is 30.4 Å². The van der Waals surface area contributed by atoms with Crippen molar-refractivity contribution >= 4 is 40.5 Å². The molecule has 2 atom stereocenters. The number of hydrogen-bond acceptors (Lipinski definition) is 4. The number of fused-ring (bicyclic) bond motifs is 1. The first-order valence-corrected chi connectivity index (χ1v) is 10.9. The molecule has 4 rings (SSSR count). The number of β-amino-alcohol motifs (C(OH)–C–C–N with tert-alkyl or cyclic N) is 1. The third-order valence-corrected chi connectivity index (χ3v) is 6.85. The second kappa shape index (κ2) is 8.32. The topological polar surface area (TPSA) is 55.8 Å². The number of halogens is 5. The molecule has 0 bridgehead atoms. The molecule has 5 nitrogen and oxygen atoms in total. The number of alkyl halides is 3. The van der Waals surface area contributed by atoms with Crippen molar-refractivity contribution in [3.63, 3.8) is 0 Å². The molecule has 2 aliphatic heterocycles. The molecule has 172 valence electrons. The average molecular weight is 488 g/mol. The summed E-state index contributed by atoms with van der Waals surface area (Å²) in [6.45, 7) is 2.31. The minimum atomic E-state index is -4.44. The number of likely N-dealkylation sites (tertiary alicyclic amines) is 1. The minimum absolute atomic E-state index is 0.211. The number of anilines is 2. The Balaban J connectivity index is 1.62. The molecule has 2 aromatic rings. The smallest absolute Gasteiger partial charge is 0.391 e. The van der Waals surface area contributed by atoms with Gasteiger partial charge < -0.3 is 20.2 Å². The summed E-state index contributed by atoms with van der Waals surface area (Å²) in [5.74, 6) is -0.286. The lowest BCUT2D eigenvalue weighted by atomic mass is 10.0. The number of likely N-dealkylation sites (N-methyl/N-ethyl adjacent to an activating group) is 1. The number of rotatable bonds is 3. The van der Waals surface area contributed by atoms with E-state index in [1.54, 1.807) is 35.9 Å². The number of carbonyl (C=O) groups is 1. The molecule has 1 saturated heterocycles. The quantitative estimate of drug-likeness (QED) is 0.642. The molecule has 0 aromatic heterocycles. The Morgan fingerprint density at radius 1 is 1.28 bits per heavy atom. The van der Waals surface area contributed by atoms with Gasteiger partial charge in [-0.1, -0.05) is 23.2 Å². The van der Waals surface area contributed by atoms with Crippen LogP contribution in [0.1, 0.15) is 33.5 Å². The molecule has 10 heteroatoms. The van der Waals surface area contributed by atoms with Gasteiger partial charge in [0.1, 0.15) is 6.17 Å². The Bertz CT molecular complexity index is 1080. The SMILES string of the molecule is Cc1cc(C(F)(F)F)cc2c1NC(Cc1c(Cl)ccc(C(=O)N3CCC(O)C3)c1Cl)N2C. The summed E-state index contributed by atoms with van der Waals surface area (Å²) in [5.41, 5.74) is 1.65. The van der Waals surface area contributed by atoms with Gasteiger partial charge in [-0.2, -0.15) is 13.2 Å². The Hall–Kier alpha value is -2.16. The Morgan fingerprint density at radius 3 is 2.62 bits per heavy atom. The predicted molar refractivity (Wildman–Crippen MR) is 119 cm³/mol. The van der Waals surface area contributed by atoms with E-state index in [9.17, 15) is 23.1 Å². The number of nitrogens with zero attached hydrogens (tertiary/aromatic N) is 2. The zero-order chi connectivity index (χ0) is 23.4. The molecule has 0 aliphatic carbocycles. The number of nitrogens with one attached hydrogen (secondary N) is 1. The second-order valence-corrected chi connectivity index (χ2v) is 9.03. The van der Waals surface area contributed by atoms with Gasteiger partial charge in [-0.25, -0.2) is 0 Å². The van der Waals surface area contributed by atoms with Gasteiger partial charge in [0.25, 0.3) is 5.91 Å². The summed E-state index contributed by atoms with van der Waals surface area (Å²) in [7, 11) is 1.70. The maximum Gasteiger partial charge on any atom is 0.416 e. The fourth-order valence-electron chi connectivity index (χ4n) is 4.26. The van der Waals surface area contributed by atoms with Crippen LogP contribution in [0.4, 0.5) is 24.5 Å². The third-order valence-electron chi connectivity index (χ3n) is 6.06. The van der Waals surface area contributed by atoms with Gasteiger partial charge in [-0.3, -0.25) is 4.79 Å². The molecule has 2 aliphatic rings. The van der Waals surface area contributed by atoms with Crippen molar-refractivity contribution in [2.24, 2.45) is 0 Å². The van der Waals surface area contributed by atoms with E-state index in [0.717, 1.165) is 12.1 Å². The first kappa shape index (κ1) is 23.0. The van der Waals surface area contributed by atoms with Crippen molar-refractivity contribution in [2.45, 2.75) is 38.2 Å². The first-order chi connectivity index (χ1) is 15.0. The van der Waals surface area contributed by atoms with Crippen LogP contribution in [0.5, 0.6) is 0 Å². The minimum Gasteiger partial charge on any atom is -0.391 e. The Kier molecular flexibility index (Phi) is 5.98. The van der Waals surface area contributed by atoms with Crippen molar-refractivity contribution in [1.29, 1.82) is 0 Å². The highest BCUT2D eigenvalue weighted by atomic mass is 35.5. The summed E-state index contributed by atoms with van der Waals surface area (Å²) >= 11 is 13.0. The number of carbonyl (C=O) groups excluding carboxylic acids is 1. The molecule has 0 radical (unpaired) electrons. The first-order valence-electron chi connectivity index (χ1n) is 10.1. The summed E-state index contributed by atoms with van der Waals surface area (Å²) < 4.78 is 39.8. The van der Waals surface area contributed by atoms with Crippen molar-refractivity contribution in [3.05, 3.63) is 56.6 Å². The van der Waals surface area contributed by atoms with E-state index in [0.29, 0.717) is 40.5 Å². The molecular weight excluding hydrogens is 466 g/mol. The van der Waals surface area contributed by atoms with E-state index in [2.05, 4.69) is 5.32 Å². The molecular formula is C22H22Cl2F3N3O2. The number of amides is 1. The van der Waals surface area contributed by atoms with Crippen LogP contribution in [0.3, 0.4) is 0 Å². The maximum absolute atomic E-state index is 13.3. The molecule has 0 spiro atoms. The molecule has 0 saturated carbocycles. The van der Waals surface area contributed by atoms with Crippen molar-refractivity contribution in [3.8, 4) is 0 Å². The van der Waals surface area contributed by atoms with E-state index in [1.165, 1.54) is 0 Å².